The van der Waals surface area contributed by atoms with Crippen LogP contribution in [0.1, 0.15) is 0 Å². The molecule has 8 heteroatoms. The van der Waals surface area contributed by atoms with Crippen LogP contribution in [0.25, 0.3) is 0 Å². The summed E-state index contributed by atoms with van der Waals surface area (Å²) in [6, 6.07) is 0. The molecule has 0 spiro atoms. The summed E-state index contributed by atoms with van der Waals surface area (Å²) in [5.41, 5.74) is 4.69. The summed E-state index contributed by atoms with van der Waals surface area (Å²) in [4.78, 5) is 29.4. The fraction of sp³-hybridized carbons (Fsp3) is 0.500. The highest BCUT2D eigenvalue weighted by Gasteiger charge is 2.17. The molecule has 7 nitrogen and oxygen atoms in total. The van der Waals surface area contributed by atoms with Gasteiger partial charge in [-0.25, -0.2) is 9.36 Å². The summed E-state index contributed by atoms with van der Waals surface area (Å²) in [6.07, 6.45) is 0. The first-order valence-corrected chi connectivity index (χ1v) is 3.63. The van der Waals surface area contributed by atoms with E-state index in [1.54, 1.807) is 0 Å². The second-order valence-electron chi connectivity index (χ2n) is 1.22. The average molecular weight is 171 g/mol. The molecule has 0 heterocycles. The third-order valence-electron chi connectivity index (χ3n) is 0.394. The molecule has 60 valence electrons. The Balaban J connectivity index is 3.56. The molecule has 0 fully saturated rings. The molecule has 0 bridgehead atoms. The van der Waals surface area contributed by atoms with E-state index < -0.39 is 20.3 Å². The van der Waals surface area contributed by atoms with Gasteiger partial charge in [0.1, 0.15) is 0 Å². The number of phosphoric acid groups is 1. The van der Waals surface area contributed by atoms with Crippen LogP contribution in [0.4, 0.5) is 0 Å². The third-order valence-corrected chi connectivity index (χ3v) is 0.663. The summed E-state index contributed by atoms with van der Waals surface area (Å²) >= 11 is 0. The van der Waals surface area contributed by atoms with Crippen LogP contribution in [-0.2, 0) is 18.9 Å². The third kappa shape index (κ3) is 5.67. The second kappa shape index (κ2) is 3.65. The average Bonchev–Trinajstić information content (AvgIpc) is 1.81. The predicted molar refractivity (Wildman–Crippen MR) is 28.3 cm³/mol. The van der Waals surface area contributed by atoms with E-state index in [1.165, 1.54) is 0 Å². The van der Waals surface area contributed by atoms with Crippen molar-refractivity contribution < 1.29 is 28.7 Å². The van der Waals surface area contributed by atoms with Crippen molar-refractivity contribution >= 4 is 13.8 Å². The fourth-order valence-corrected chi connectivity index (χ4v) is 0.304. The van der Waals surface area contributed by atoms with Crippen molar-refractivity contribution in [1.82, 2.24) is 0 Å². The number of rotatable bonds is 3. The Bertz CT molecular complexity index is 161. The minimum Gasteiger partial charge on any atom is -0.321 e. The maximum Gasteiger partial charge on any atom is 0.505 e. The van der Waals surface area contributed by atoms with Gasteiger partial charge in [-0.15, -0.1) is 0 Å². The Morgan fingerprint density at radius 3 is 2.40 bits per heavy atom. The van der Waals surface area contributed by atoms with Gasteiger partial charge in [-0.1, -0.05) is 4.67 Å². The topological polar surface area (TPSA) is 119 Å². The highest BCUT2D eigenvalue weighted by molar-refractivity contribution is 7.46. The van der Waals surface area contributed by atoms with Crippen LogP contribution in [0.5, 0.6) is 0 Å². The van der Waals surface area contributed by atoms with Crippen LogP contribution in [0, 0.1) is 0 Å². The lowest BCUT2D eigenvalue weighted by atomic mass is 10.7. The van der Waals surface area contributed by atoms with E-state index in [1.807, 2.05) is 0 Å². The lowest BCUT2D eigenvalue weighted by molar-refractivity contribution is -0.220. The minimum atomic E-state index is -4.73. The van der Waals surface area contributed by atoms with Gasteiger partial charge in [-0.3, -0.25) is 4.89 Å². The first kappa shape index (κ1) is 9.54. The molecule has 10 heavy (non-hydrogen) atoms. The Hall–Kier alpha value is -0.460. The van der Waals surface area contributed by atoms with E-state index in [4.69, 9.17) is 15.5 Å². The maximum absolute atomic E-state index is 10.0. The molecule has 0 aliphatic carbocycles. The number of carbonyl (C=O) groups excluding carboxylic acids is 1. The van der Waals surface area contributed by atoms with E-state index >= 15 is 0 Å². The molecule has 0 aliphatic heterocycles. The van der Waals surface area contributed by atoms with Crippen molar-refractivity contribution in [3.63, 3.8) is 0 Å². The largest absolute Gasteiger partial charge is 0.505 e. The molecule has 0 atom stereocenters. The molecule has 0 saturated heterocycles. The smallest absolute Gasteiger partial charge is 0.321 e. The molecular weight excluding hydrogens is 165 g/mol. The van der Waals surface area contributed by atoms with Gasteiger partial charge in [0, 0.05) is 0 Å². The molecule has 4 N–H and O–H groups in total. The van der Waals surface area contributed by atoms with Crippen molar-refractivity contribution in [1.29, 1.82) is 0 Å². The van der Waals surface area contributed by atoms with Crippen LogP contribution >= 0.6 is 7.82 Å². The molecule has 0 aromatic rings. The van der Waals surface area contributed by atoms with Gasteiger partial charge in [-0.05, 0) is 0 Å². The van der Waals surface area contributed by atoms with Crippen molar-refractivity contribution in [2.45, 2.75) is 0 Å². The van der Waals surface area contributed by atoms with Crippen LogP contribution in [0.3, 0.4) is 0 Å². The van der Waals surface area contributed by atoms with Crippen LogP contribution in [0.2, 0.25) is 0 Å². The highest BCUT2D eigenvalue weighted by atomic mass is 31.2. The number of carbonyl (C=O) groups is 1. The normalized spacial score (nSPS) is 11.1. The Morgan fingerprint density at radius 2 is 2.10 bits per heavy atom. The zero-order valence-electron chi connectivity index (χ0n) is 4.76. The van der Waals surface area contributed by atoms with Crippen molar-refractivity contribution in [2.24, 2.45) is 5.73 Å². The SMILES string of the molecule is NCC(=O)OOP(=O)(O)O. The van der Waals surface area contributed by atoms with Crippen molar-refractivity contribution in [3.8, 4) is 0 Å². The van der Waals surface area contributed by atoms with Gasteiger partial charge in [0.05, 0.1) is 6.54 Å². The van der Waals surface area contributed by atoms with E-state index in [0.29, 0.717) is 0 Å². The fourth-order valence-electron chi connectivity index (χ4n) is 0.124. The van der Waals surface area contributed by atoms with Crippen molar-refractivity contribution in [3.05, 3.63) is 0 Å². The summed E-state index contributed by atoms with van der Waals surface area (Å²) < 4.78 is 13.1. The number of hydrogen-bond acceptors (Lipinski definition) is 5. The minimum absolute atomic E-state index is 0.500. The molecule has 0 amide bonds. The van der Waals surface area contributed by atoms with E-state index in [2.05, 4.69) is 9.56 Å². The summed E-state index contributed by atoms with van der Waals surface area (Å²) in [5.74, 6) is -1.05. The van der Waals surface area contributed by atoms with Crippen LogP contribution < -0.4 is 5.73 Å². The van der Waals surface area contributed by atoms with Crippen LogP contribution in [-0.4, -0.2) is 22.3 Å². The lowest BCUT2D eigenvalue weighted by Gasteiger charge is -2.00. The Labute approximate surface area is 55.9 Å². The molecule has 0 radical (unpaired) electrons. The predicted octanol–water partition coefficient (Wildman–Crippen LogP) is -1.49. The molecular formula is C2H6NO6P. The van der Waals surface area contributed by atoms with Gasteiger partial charge < -0.3 is 15.5 Å². The van der Waals surface area contributed by atoms with Gasteiger partial charge in [0.15, 0.2) is 0 Å². The molecule has 0 unspecified atom stereocenters. The van der Waals surface area contributed by atoms with Gasteiger partial charge >= 0.3 is 13.8 Å². The lowest BCUT2D eigenvalue weighted by Crippen LogP contribution is -2.16. The Kier molecular flexibility index (Phi) is 3.48. The quantitative estimate of drug-likeness (QED) is 0.269. The monoisotopic (exact) mass is 171 g/mol. The van der Waals surface area contributed by atoms with E-state index in [-0.39, 0.29) is 0 Å². The maximum atomic E-state index is 10.0. The Morgan fingerprint density at radius 1 is 1.60 bits per heavy atom. The highest BCUT2D eigenvalue weighted by Crippen LogP contribution is 2.35. The van der Waals surface area contributed by atoms with E-state index in [9.17, 15) is 9.36 Å². The summed E-state index contributed by atoms with van der Waals surface area (Å²) in [7, 11) is -4.73. The zero-order valence-corrected chi connectivity index (χ0v) is 5.65. The number of nitrogens with two attached hydrogens (primary N) is 1. The van der Waals surface area contributed by atoms with Gasteiger partial charge in [0.25, 0.3) is 0 Å². The zero-order chi connectivity index (χ0) is 8.20. The summed E-state index contributed by atoms with van der Waals surface area (Å²) in [5, 5.41) is 0. The molecule has 0 aliphatic rings. The van der Waals surface area contributed by atoms with Crippen molar-refractivity contribution in [2.75, 3.05) is 6.54 Å². The summed E-state index contributed by atoms with van der Waals surface area (Å²) in [6.45, 7) is -0.500. The molecule has 0 rings (SSSR count). The van der Waals surface area contributed by atoms with Gasteiger partial charge in [0.2, 0.25) is 0 Å². The first-order chi connectivity index (χ1) is 4.45. The molecule has 0 aromatic heterocycles. The first-order valence-electron chi connectivity index (χ1n) is 2.10. The van der Waals surface area contributed by atoms with Crippen LogP contribution in [0.15, 0.2) is 0 Å². The molecule has 0 aromatic carbocycles. The van der Waals surface area contributed by atoms with Gasteiger partial charge in [-0.2, -0.15) is 0 Å². The van der Waals surface area contributed by atoms with E-state index in [0.717, 1.165) is 0 Å². The standard InChI is InChI=1S/C2H6NO6P/c3-1-2(4)8-9-10(5,6)7/h1,3H2,(H2,5,6,7). The second-order valence-corrected chi connectivity index (χ2v) is 2.35. The molecule has 0 saturated carbocycles. The number of hydrogen-bond donors (Lipinski definition) is 3.